The summed E-state index contributed by atoms with van der Waals surface area (Å²) in [4.78, 5) is 0.160. The maximum absolute atomic E-state index is 11.5. The van der Waals surface area contributed by atoms with Crippen LogP contribution in [-0.2, 0) is 16.6 Å². The van der Waals surface area contributed by atoms with Crippen molar-refractivity contribution < 1.29 is 8.42 Å². The second-order valence-electron chi connectivity index (χ2n) is 4.81. The van der Waals surface area contributed by atoms with E-state index in [1.54, 1.807) is 19.1 Å². The first-order chi connectivity index (χ1) is 9.38. The zero-order chi connectivity index (χ0) is 14.8. The summed E-state index contributed by atoms with van der Waals surface area (Å²) in [6.07, 6.45) is 0. The van der Waals surface area contributed by atoms with Crippen LogP contribution in [0.2, 0.25) is 0 Å². The Labute approximate surface area is 119 Å². The number of sulfonamides is 1. The quantitative estimate of drug-likeness (QED) is 0.909. The molecule has 0 unspecified atom stereocenters. The van der Waals surface area contributed by atoms with Gasteiger partial charge in [-0.15, -0.1) is 0 Å². The fourth-order valence-electron chi connectivity index (χ4n) is 2.02. The van der Waals surface area contributed by atoms with Gasteiger partial charge in [-0.3, -0.25) is 0 Å². The van der Waals surface area contributed by atoms with Gasteiger partial charge in [-0.2, -0.15) is 0 Å². The highest BCUT2D eigenvalue weighted by atomic mass is 32.2. The number of hydrogen-bond acceptors (Lipinski definition) is 3. The lowest BCUT2D eigenvalue weighted by Gasteiger charge is -2.11. The van der Waals surface area contributed by atoms with Gasteiger partial charge in [0, 0.05) is 12.2 Å². The summed E-state index contributed by atoms with van der Waals surface area (Å²) in [6.45, 7) is 4.41. The normalized spacial score (nSPS) is 11.3. The second-order valence-corrected chi connectivity index (χ2v) is 6.34. The lowest BCUT2D eigenvalue weighted by molar-refractivity contribution is 0.597. The van der Waals surface area contributed by atoms with Crippen molar-refractivity contribution in [2.45, 2.75) is 25.3 Å². The summed E-state index contributed by atoms with van der Waals surface area (Å²) >= 11 is 0. The van der Waals surface area contributed by atoms with Gasteiger partial charge in [-0.1, -0.05) is 30.3 Å². The van der Waals surface area contributed by atoms with Crippen molar-refractivity contribution in [3.8, 4) is 0 Å². The van der Waals surface area contributed by atoms with E-state index in [-0.39, 0.29) is 4.90 Å². The van der Waals surface area contributed by atoms with Gasteiger partial charge in [-0.25, -0.2) is 13.6 Å². The molecule has 0 amide bonds. The lowest BCUT2D eigenvalue weighted by Crippen LogP contribution is -2.14. The molecule has 5 heteroatoms. The van der Waals surface area contributed by atoms with Crippen LogP contribution >= 0.6 is 0 Å². The number of rotatable bonds is 4. The molecule has 106 valence electrons. The van der Waals surface area contributed by atoms with E-state index < -0.39 is 10.0 Å². The average Bonchev–Trinajstić information content (AvgIpc) is 2.38. The largest absolute Gasteiger partial charge is 0.381 e. The summed E-state index contributed by atoms with van der Waals surface area (Å²) in [7, 11) is -3.69. The number of primary sulfonamides is 1. The van der Waals surface area contributed by atoms with Gasteiger partial charge in [0.05, 0.1) is 4.90 Å². The van der Waals surface area contributed by atoms with Crippen molar-refractivity contribution in [3.05, 3.63) is 59.2 Å². The fourth-order valence-corrected chi connectivity index (χ4v) is 2.83. The number of aryl methyl sites for hydroxylation is 2. The van der Waals surface area contributed by atoms with Gasteiger partial charge >= 0.3 is 0 Å². The standard InChI is InChI=1S/C15H18N2O2S/c1-11-5-3-4-6-13(11)10-17-14-8-7-12(2)15(9-14)20(16,18)19/h3-9,17H,10H2,1-2H3,(H2,16,18,19). The molecule has 0 heterocycles. The third kappa shape index (κ3) is 3.37. The van der Waals surface area contributed by atoms with Crippen LogP contribution in [0.5, 0.6) is 0 Å². The van der Waals surface area contributed by atoms with Crippen molar-refractivity contribution >= 4 is 15.7 Å². The van der Waals surface area contributed by atoms with Gasteiger partial charge in [0.1, 0.15) is 0 Å². The predicted octanol–water partition coefficient (Wildman–Crippen LogP) is 2.56. The molecule has 0 aliphatic heterocycles. The SMILES string of the molecule is Cc1ccccc1CNc1ccc(C)c(S(N)(=O)=O)c1. The molecule has 0 bridgehead atoms. The highest BCUT2D eigenvalue weighted by Gasteiger charge is 2.12. The molecule has 0 spiro atoms. The Morgan fingerprint density at radius 2 is 1.75 bits per heavy atom. The Morgan fingerprint density at radius 1 is 1.05 bits per heavy atom. The van der Waals surface area contributed by atoms with E-state index in [4.69, 9.17) is 5.14 Å². The Morgan fingerprint density at radius 3 is 2.40 bits per heavy atom. The minimum atomic E-state index is -3.69. The minimum absolute atomic E-state index is 0.160. The molecule has 0 aromatic heterocycles. The Kier molecular flexibility index (Phi) is 4.11. The number of anilines is 1. The van der Waals surface area contributed by atoms with Gasteiger partial charge in [0.25, 0.3) is 0 Å². The highest BCUT2D eigenvalue weighted by molar-refractivity contribution is 7.89. The number of nitrogens with two attached hydrogens (primary N) is 1. The monoisotopic (exact) mass is 290 g/mol. The highest BCUT2D eigenvalue weighted by Crippen LogP contribution is 2.20. The van der Waals surface area contributed by atoms with E-state index in [0.29, 0.717) is 12.1 Å². The van der Waals surface area contributed by atoms with Crippen molar-refractivity contribution in [2.75, 3.05) is 5.32 Å². The van der Waals surface area contributed by atoms with Crippen molar-refractivity contribution in [1.29, 1.82) is 0 Å². The van der Waals surface area contributed by atoms with Crippen molar-refractivity contribution in [1.82, 2.24) is 0 Å². The molecule has 4 nitrogen and oxygen atoms in total. The number of hydrogen-bond donors (Lipinski definition) is 2. The fraction of sp³-hybridized carbons (Fsp3) is 0.200. The Hall–Kier alpha value is -1.85. The third-order valence-electron chi connectivity index (χ3n) is 3.24. The van der Waals surface area contributed by atoms with Crippen molar-refractivity contribution in [3.63, 3.8) is 0 Å². The molecule has 3 N–H and O–H groups in total. The van der Waals surface area contributed by atoms with E-state index in [0.717, 1.165) is 5.69 Å². The van der Waals surface area contributed by atoms with E-state index in [1.165, 1.54) is 11.1 Å². The van der Waals surface area contributed by atoms with E-state index in [9.17, 15) is 8.42 Å². The predicted molar refractivity (Wildman–Crippen MR) is 81.1 cm³/mol. The molecule has 0 radical (unpaired) electrons. The summed E-state index contributed by atoms with van der Waals surface area (Å²) < 4.78 is 23.0. The molecule has 0 atom stereocenters. The molecular weight excluding hydrogens is 272 g/mol. The van der Waals surface area contributed by atoms with E-state index >= 15 is 0 Å². The van der Waals surface area contributed by atoms with Crippen LogP contribution in [0.4, 0.5) is 5.69 Å². The maximum atomic E-state index is 11.5. The van der Waals surface area contributed by atoms with Crippen LogP contribution < -0.4 is 10.5 Å². The van der Waals surface area contributed by atoms with Gasteiger partial charge < -0.3 is 5.32 Å². The maximum Gasteiger partial charge on any atom is 0.238 e. The molecule has 20 heavy (non-hydrogen) atoms. The molecule has 2 aromatic carbocycles. The molecule has 0 saturated heterocycles. The average molecular weight is 290 g/mol. The summed E-state index contributed by atoms with van der Waals surface area (Å²) in [6, 6.07) is 13.2. The van der Waals surface area contributed by atoms with Gasteiger partial charge in [0.2, 0.25) is 10.0 Å². The van der Waals surface area contributed by atoms with E-state index in [1.807, 2.05) is 37.3 Å². The molecule has 0 saturated carbocycles. The summed E-state index contributed by atoms with van der Waals surface area (Å²) in [5, 5.41) is 8.42. The van der Waals surface area contributed by atoms with Crippen LogP contribution in [0.3, 0.4) is 0 Å². The Bertz CT molecular complexity index is 724. The molecule has 2 rings (SSSR count). The van der Waals surface area contributed by atoms with Crippen LogP contribution in [0, 0.1) is 13.8 Å². The molecular formula is C15H18N2O2S. The zero-order valence-electron chi connectivity index (χ0n) is 11.6. The van der Waals surface area contributed by atoms with Crippen LogP contribution in [-0.4, -0.2) is 8.42 Å². The van der Waals surface area contributed by atoms with Crippen LogP contribution in [0.15, 0.2) is 47.4 Å². The molecule has 0 fully saturated rings. The Balaban J connectivity index is 2.21. The summed E-state index contributed by atoms with van der Waals surface area (Å²) in [5.74, 6) is 0. The van der Waals surface area contributed by atoms with Crippen molar-refractivity contribution in [2.24, 2.45) is 5.14 Å². The smallest absolute Gasteiger partial charge is 0.238 e. The van der Waals surface area contributed by atoms with Crippen LogP contribution in [0.25, 0.3) is 0 Å². The topological polar surface area (TPSA) is 72.2 Å². The first-order valence-electron chi connectivity index (χ1n) is 6.30. The molecule has 0 aliphatic carbocycles. The van der Waals surface area contributed by atoms with Crippen LogP contribution in [0.1, 0.15) is 16.7 Å². The number of nitrogens with one attached hydrogen (secondary N) is 1. The van der Waals surface area contributed by atoms with Gasteiger partial charge in [-0.05, 0) is 42.7 Å². The van der Waals surface area contributed by atoms with Gasteiger partial charge in [0.15, 0.2) is 0 Å². The number of benzene rings is 2. The molecule has 0 aliphatic rings. The first kappa shape index (κ1) is 14.6. The first-order valence-corrected chi connectivity index (χ1v) is 7.84. The minimum Gasteiger partial charge on any atom is -0.381 e. The lowest BCUT2D eigenvalue weighted by atomic mass is 10.1. The zero-order valence-corrected chi connectivity index (χ0v) is 12.4. The van der Waals surface area contributed by atoms with E-state index in [2.05, 4.69) is 5.32 Å². The third-order valence-corrected chi connectivity index (χ3v) is 4.29. The second kappa shape index (κ2) is 5.64. The molecule has 2 aromatic rings. The summed E-state index contributed by atoms with van der Waals surface area (Å²) in [5.41, 5.74) is 3.75.